The van der Waals surface area contributed by atoms with Crippen LogP contribution in [0.2, 0.25) is 0 Å². The highest BCUT2D eigenvalue weighted by molar-refractivity contribution is 7.26. The van der Waals surface area contributed by atoms with Gasteiger partial charge in [-0.2, -0.15) is 0 Å². The molecule has 0 unspecified atom stereocenters. The summed E-state index contributed by atoms with van der Waals surface area (Å²) in [6.07, 6.45) is 0. The highest BCUT2D eigenvalue weighted by Crippen LogP contribution is 2.43. The zero-order chi connectivity index (χ0) is 32.3. The Bertz CT molecular complexity index is 2720. The molecule has 10 rings (SSSR count). The van der Waals surface area contributed by atoms with E-state index in [1.54, 1.807) is 0 Å². The average molecular weight is 660 g/mol. The summed E-state index contributed by atoms with van der Waals surface area (Å²) in [6, 6.07) is 64.5. The van der Waals surface area contributed by atoms with Gasteiger partial charge in [0.05, 0.1) is 0 Å². The van der Waals surface area contributed by atoms with Crippen LogP contribution in [0.25, 0.3) is 73.4 Å². The highest BCUT2D eigenvalue weighted by Gasteiger charge is 2.17. The molecular formula is C46H29NS2. The lowest BCUT2D eigenvalue weighted by Gasteiger charge is -2.26. The molecule has 0 bridgehead atoms. The fourth-order valence-corrected chi connectivity index (χ4v) is 9.47. The van der Waals surface area contributed by atoms with Gasteiger partial charge in [0.1, 0.15) is 0 Å². The maximum Gasteiger partial charge on any atom is 0.0468 e. The molecular weight excluding hydrogens is 631 g/mol. The van der Waals surface area contributed by atoms with Gasteiger partial charge in [-0.3, -0.25) is 0 Å². The molecule has 0 aliphatic heterocycles. The number of rotatable bonds is 5. The molecule has 0 N–H and O–H groups in total. The Labute approximate surface area is 292 Å². The zero-order valence-electron chi connectivity index (χ0n) is 26.5. The Kier molecular flexibility index (Phi) is 6.61. The van der Waals surface area contributed by atoms with Crippen LogP contribution in [0.1, 0.15) is 0 Å². The van der Waals surface area contributed by atoms with Crippen molar-refractivity contribution in [3.63, 3.8) is 0 Å². The molecule has 10 aromatic rings. The fourth-order valence-electron chi connectivity index (χ4n) is 7.30. The van der Waals surface area contributed by atoms with Crippen LogP contribution in [-0.2, 0) is 0 Å². The molecule has 8 aromatic carbocycles. The van der Waals surface area contributed by atoms with Gasteiger partial charge in [0.25, 0.3) is 0 Å². The van der Waals surface area contributed by atoms with E-state index in [0.717, 1.165) is 17.1 Å². The molecule has 2 aromatic heterocycles. The van der Waals surface area contributed by atoms with Crippen molar-refractivity contribution < 1.29 is 0 Å². The first-order valence-electron chi connectivity index (χ1n) is 16.6. The van der Waals surface area contributed by atoms with E-state index >= 15 is 0 Å². The number of fused-ring (bicyclic) bond motifs is 7. The molecule has 49 heavy (non-hydrogen) atoms. The third-order valence-electron chi connectivity index (χ3n) is 9.66. The molecule has 0 aliphatic carbocycles. The summed E-state index contributed by atoms with van der Waals surface area (Å²) in [5.74, 6) is 0. The molecule has 0 saturated carbocycles. The van der Waals surface area contributed by atoms with Gasteiger partial charge in [-0.05, 0) is 99.8 Å². The molecule has 0 atom stereocenters. The second-order valence-electron chi connectivity index (χ2n) is 12.5. The Hall–Kier alpha value is -5.74. The van der Waals surface area contributed by atoms with Gasteiger partial charge in [0.2, 0.25) is 0 Å². The van der Waals surface area contributed by atoms with Crippen LogP contribution in [0.4, 0.5) is 17.1 Å². The minimum Gasteiger partial charge on any atom is -0.310 e. The van der Waals surface area contributed by atoms with E-state index in [4.69, 9.17) is 0 Å². The van der Waals surface area contributed by atoms with Crippen molar-refractivity contribution in [1.82, 2.24) is 0 Å². The summed E-state index contributed by atoms with van der Waals surface area (Å²) in [7, 11) is 0. The van der Waals surface area contributed by atoms with Crippen LogP contribution in [0.5, 0.6) is 0 Å². The van der Waals surface area contributed by atoms with Crippen LogP contribution in [-0.4, -0.2) is 0 Å². The smallest absolute Gasteiger partial charge is 0.0468 e. The molecule has 0 aliphatic rings. The number of thiophene rings is 2. The van der Waals surface area contributed by atoms with E-state index in [2.05, 4.69) is 181 Å². The van der Waals surface area contributed by atoms with Gasteiger partial charge in [0.15, 0.2) is 0 Å². The van der Waals surface area contributed by atoms with Crippen molar-refractivity contribution in [2.75, 3.05) is 4.90 Å². The van der Waals surface area contributed by atoms with E-state index in [9.17, 15) is 0 Å². The molecule has 0 fully saturated rings. The van der Waals surface area contributed by atoms with Crippen molar-refractivity contribution in [1.29, 1.82) is 0 Å². The van der Waals surface area contributed by atoms with Gasteiger partial charge in [-0.1, -0.05) is 109 Å². The summed E-state index contributed by atoms with van der Waals surface area (Å²) >= 11 is 3.72. The van der Waals surface area contributed by atoms with Crippen molar-refractivity contribution >= 4 is 90.9 Å². The first kappa shape index (κ1) is 28.3. The number of hydrogen-bond acceptors (Lipinski definition) is 3. The van der Waals surface area contributed by atoms with Gasteiger partial charge in [-0.25, -0.2) is 0 Å². The quantitative estimate of drug-likeness (QED) is 0.178. The Morgan fingerprint density at radius 1 is 0.306 bits per heavy atom. The molecule has 0 radical (unpaired) electrons. The van der Waals surface area contributed by atoms with Gasteiger partial charge < -0.3 is 4.90 Å². The van der Waals surface area contributed by atoms with Crippen LogP contribution >= 0.6 is 22.7 Å². The minimum absolute atomic E-state index is 1.13. The monoisotopic (exact) mass is 659 g/mol. The van der Waals surface area contributed by atoms with Crippen LogP contribution in [0, 0.1) is 0 Å². The van der Waals surface area contributed by atoms with Gasteiger partial charge in [0, 0.05) is 57.4 Å². The maximum absolute atomic E-state index is 2.41. The van der Waals surface area contributed by atoms with Crippen molar-refractivity contribution in [2.24, 2.45) is 0 Å². The number of nitrogens with zero attached hydrogens (tertiary/aromatic N) is 1. The first-order valence-corrected chi connectivity index (χ1v) is 18.2. The van der Waals surface area contributed by atoms with Crippen LogP contribution in [0.15, 0.2) is 176 Å². The van der Waals surface area contributed by atoms with Crippen molar-refractivity contribution in [3.05, 3.63) is 176 Å². The molecule has 230 valence electrons. The van der Waals surface area contributed by atoms with E-state index < -0.39 is 0 Å². The Morgan fingerprint density at radius 3 is 1.49 bits per heavy atom. The molecule has 2 heterocycles. The van der Waals surface area contributed by atoms with E-state index in [-0.39, 0.29) is 0 Å². The topological polar surface area (TPSA) is 3.24 Å². The van der Waals surface area contributed by atoms with Crippen LogP contribution < -0.4 is 4.90 Å². The summed E-state index contributed by atoms with van der Waals surface area (Å²) in [5.41, 5.74) is 8.33. The second kappa shape index (κ2) is 11.5. The molecule has 1 nitrogen and oxygen atoms in total. The third-order valence-corrected chi connectivity index (χ3v) is 12.0. The lowest BCUT2D eigenvalue weighted by molar-refractivity contribution is 1.30. The number of benzene rings is 8. The van der Waals surface area contributed by atoms with Crippen molar-refractivity contribution in [3.8, 4) is 22.3 Å². The molecule has 0 saturated heterocycles. The minimum atomic E-state index is 1.13. The molecule has 0 spiro atoms. The van der Waals surface area contributed by atoms with Gasteiger partial charge in [-0.15, -0.1) is 22.7 Å². The predicted octanol–water partition coefficient (Wildman–Crippen LogP) is 14.4. The molecule has 0 amide bonds. The average Bonchev–Trinajstić information content (AvgIpc) is 3.73. The SMILES string of the molecule is c1cc(-c2ccc(N(c3ccc4sc5ccccc5c4c3)c3ccc4sc5ccccc5c4c3)cc2)cc(-c2cccc3ccccc23)c1. The van der Waals surface area contributed by atoms with E-state index in [1.807, 2.05) is 22.7 Å². The lowest BCUT2D eigenvalue weighted by Crippen LogP contribution is -2.09. The Morgan fingerprint density at radius 2 is 0.816 bits per heavy atom. The summed E-state index contributed by atoms with van der Waals surface area (Å²) in [5, 5.41) is 7.75. The van der Waals surface area contributed by atoms with Crippen molar-refractivity contribution in [2.45, 2.75) is 0 Å². The van der Waals surface area contributed by atoms with Crippen LogP contribution in [0.3, 0.4) is 0 Å². The lowest BCUT2D eigenvalue weighted by atomic mass is 9.95. The number of anilines is 3. The van der Waals surface area contributed by atoms with Gasteiger partial charge >= 0.3 is 0 Å². The predicted molar refractivity (Wildman–Crippen MR) is 215 cm³/mol. The standard InChI is InChI=1S/C46H29NS2/c1-2-13-37-31(9-1)10-8-16-38(37)33-12-7-11-32(27-33)30-19-21-34(22-20-30)47(35-23-25-45-41(28-35)39-14-3-5-17-43(39)48-45)36-24-26-46-42(29-36)40-15-4-6-18-44(40)49-46/h1-29H. The second-order valence-corrected chi connectivity index (χ2v) is 14.7. The third kappa shape index (κ3) is 4.82. The number of hydrogen-bond donors (Lipinski definition) is 0. The first-order chi connectivity index (χ1) is 24.3. The molecule has 3 heteroatoms. The Balaban J connectivity index is 1.10. The largest absolute Gasteiger partial charge is 0.310 e. The highest BCUT2D eigenvalue weighted by atomic mass is 32.1. The summed E-state index contributed by atoms with van der Waals surface area (Å²) in [4.78, 5) is 2.41. The van der Waals surface area contributed by atoms with E-state index in [1.165, 1.54) is 73.4 Å². The summed E-state index contributed by atoms with van der Waals surface area (Å²) in [6.45, 7) is 0. The normalized spacial score (nSPS) is 11.7. The fraction of sp³-hybridized carbons (Fsp3) is 0. The zero-order valence-corrected chi connectivity index (χ0v) is 28.1. The maximum atomic E-state index is 2.41. The summed E-state index contributed by atoms with van der Waals surface area (Å²) < 4.78 is 5.26. The van der Waals surface area contributed by atoms with E-state index in [0.29, 0.717) is 0 Å².